The Morgan fingerprint density at radius 2 is 1.44 bits per heavy atom. The lowest BCUT2D eigenvalue weighted by molar-refractivity contribution is -0.115. The standard InChI is InChI=1S/C32H22ClFN2O4S/c33-26-18-22(15-16-27(26)34)36-31(38)29(20-7-2-1-3-8-20)41-23-12-6-11-21(17-23)35-30(37)24-13-4-9-19-10-5-14-25(28(19)24)32(39)40/h1-18,29H,(H,35,37)(H,36,38)(H,39,40). The lowest BCUT2D eigenvalue weighted by Gasteiger charge is -2.18. The number of hydrogen-bond acceptors (Lipinski definition) is 4. The summed E-state index contributed by atoms with van der Waals surface area (Å²) >= 11 is 7.16. The van der Waals surface area contributed by atoms with E-state index in [1.54, 1.807) is 48.5 Å². The smallest absolute Gasteiger partial charge is 0.336 e. The highest BCUT2D eigenvalue weighted by Gasteiger charge is 2.23. The maximum absolute atomic E-state index is 13.6. The first-order valence-electron chi connectivity index (χ1n) is 12.4. The Morgan fingerprint density at radius 3 is 2.15 bits per heavy atom. The summed E-state index contributed by atoms with van der Waals surface area (Å²) in [6.07, 6.45) is 0. The molecule has 2 amide bonds. The topological polar surface area (TPSA) is 95.5 Å². The fraction of sp³-hybridized carbons (Fsp3) is 0.0312. The van der Waals surface area contributed by atoms with E-state index in [0.29, 0.717) is 27.0 Å². The van der Waals surface area contributed by atoms with E-state index in [1.807, 2.05) is 36.4 Å². The summed E-state index contributed by atoms with van der Waals surface area (Å²) in [6, 6.07) is 30.1. The number of nitrogens with one attached hydrogen (secondary N) is 2. The second kappa shape index (κ2) is 12.2. The monoisotopic (exact) mass is 584 g/mol. The first-order chi connectivity index (χ1) is 19.8. The summed E-state index contributed by atoms with van der Waals surface area (Å²) in [5.41, 5.74) is 1.85. The molecule has 5 aromatic carbocycles. The van der Waals surface area contributed by atoms with Gasteiger partial charge in [0.25, 0.3) is 5.91 Å². The van der Waals surface area contributed by atoms with Gasteiger partial charge in [-0.3, -0.25) is 9.59 Å². The summed E-state index contributed by atoms with van der Waals surface area (Å²) < 4.78 is 13.6. The molecule has 0 aliphatic heterocycles. The second-order valence-electron chi connectivity index (χ2n) is 9.02. The first kappa shape index (κ1) is 27.9. The third kappa shape index (κ3) is 6.40. The minimum Gasteiger partial charge on any atom is -0.478 e. The quantitative estimate of drug-likeness (QED) is 0.160. The maximum Gasteiger partial charge on any atom is 0.336 e. The molecule has 0 radical (unpaired) electrons. The van der Waals surface area contributed by atoms with Gasteiger partial charge in [0, 0.05) is 27.2 Å². The maximum atomic E-state index is 13.6. The molecule has 204 valence electrons. The number of carboxylic acid groups (broad SMARTS) is 1. The number of carbonyl (C=O) groups is 3. The van der Waals surface area contributed by atoms with Gasteiger partial charge in [0.05, 0.1) is 10.6 Å². The van der Waals surface area contributed by atoms with Gasteiger partial charge in [0.1, 0.15) is 11.1 Å². The molecule has 6 nitrogen and oxygen atoms in total. The van der Waals surface area contributed by atoms with Crippen molar-refractivity contribution in [3.63, 3.8) is 0 Å². The molecule has 5 rings (SSSR count). The molecular formula is C32H22ClFN2O4S. The van der Waals surface area contributed by atoms with E-state index in [2.05, 4.69) is 10.6 Å². The number of carboxylic acids is 1. The molecule has 0 spiro atoms. The van der Waals surface area contributed by atoms with Crippen molar-refractivity contribution in [1.82, 2.24) is 0 Å². The Balaban J connectivity index is 1.40. The van der Waals surface area contributed by atoms with Crippen LogP contribution in [0.25, 0.3) is 10.8 Å². The SMILES string of the molecule is O=C(O)c1cccc2cccc(C(=O)Nc3cccc(SC(C(=O)Nc4ccc(F)c(Cl)c4)c4ccccc4)c3)c12. The molecule has 0 aromatic heterocycles. The number of carbonyl (C=O) groups excluding carboxylic acids is 2. The molecular weight excluding hydrogens is 563 g/mol. The number of amides is 2. The summed E-state index contributed by atoms with van der Waals surface area (Å²) in [6.45, 7) is 0. The molecule has 0 heterocycles. The van der Waals surface area contributed by atoms with Crippen LogP contribution in [0.5, 0.6) is 0 Å². The zero-order valence-electron chi connectivity index (χ0n) is 21.3. The van der Waals surface area contributed by atoms with Crippen LogP contribution in [0.2, 0.25) is 5.02 Å². The first-order valence-corrected chi connectivity index (χ1v) is 13.7. The Hall–Kier alpha value is -4.66. The molecule has 0 aliphatic rings. The minimum absolute atomic E-state index is 0.0386. The summed E-state index contributed by atoms with van der Waals surface area (Å²) in [7, 11) is 0. The van der Waals surface area contributed by atoms with E-state index in [1.165, 1.54) is 36.0 Å². The highest BCUT2D eigenvalue weighted by Crippen LogP contribution is 2.37. The van der Waals surface area contributed by atoms with Crippen LogP contribution in [-0.2, 0) is 4.79 Å². The van der Waals surface area contributed by atoms with Crippen LogP contribution in [0.3, 0.4) is 0 Å². The summed E-state index contributed by atoms with van der Waals surface area (Å²) in [5.74, 6) is -2.50. The largest absolute Gasteiger partial charge is 0.478 e. The van der Waals surface area contributed by atoms with Crippen LogP contribution in [0, 0.1) is 5.82 Å². The number of halogens is 2. The summed E-state index contributed by atoms with van der Waals surface area (Å²) in [4.78, 5) is 39.2. The van der Waals surface area contributed by atoms with E-state index < -0.39 is 22.9 Å². The number of anilines is 2. The second-order valence-corrected chi connectivity index (χ2v) is 10.6. The van der Waals surface area contributed by atoms with Crippen molar-refractivity contribution in [3.05, 3.63) is 137 Å². The van der Waals surface area contributed by atoms with Crippen molar-refractivity contribution in [3.8, 4) is 0 Å². The van der Waals surface area contributed by atoms with Gasteiger partial charge in [-0.15, -0.1) is 11.8 Å². The third-order valence-corrected chi connectivity index (χ3v) is 7.79. The van der Waals surface area contributed by atoms with Crippen LogP contribution in [0.1, 0.15) is 31.5 Å². The summed E-state index contributed by atoms with van der Waals surface area (Å²) in [5, 5.41) is 15.5. The molecule has 41 heavy (non-hydrogen) atoms. The molecule has 5 aromatic rings. The van der Waals surface area contributed by atoms with Crippen molar-refractivity contribution in [2.75, 3.05) is 10.6 Å². The molecule has 0 saturated carbocycles. The van der Waals surface area contributed by atoms with Gasteiger partial charge in [0.15, 0.2) is 0 Å². The Kier molecular flexibility index (Phi) is 8.33. The number of fused-ring (bicyclic) bond motifs is 1. The zero-order valence-corrected chi connectivity index (χ0v) is 22.9. The van der Waals surface area contributed by atoms with Crippen LogP contribution >= 0.6 is 23.4 Å². The van der Waals surface area contributed by atoms with Crippen molar-refractivity contribution < 1.29 is 23.9 Å². The van der Waals surface area contributed by atoms with Crippen molar-refractivity contribution in [2.45, 2.75) is 10.1 Å². The normalized spacial score (nSPS) is 11.6. The molecule has 0 aliphatic carbocycles. The molecule has 9 heteroatoms. The predicted molar refractivity (Wildman–Crippen MR) is 160 cm³/mol. The number of aromatic carboxylic acids is 1. The zero-order chi connectivity index (χ0) is 28.9. The molecule has 1 unspecified atom stereocenters. The number of thioether (sulfide) groups is 1. The highest BCUT2D eigenvalue weighted by atomic mass is 35.5. The van der Waals surface area contributed by atoms with Crippen LogP contribution in [0.15, 0.2) is 114 Å². The van der Waals surface area contributed by atoms with Gasteiger partial charge in [-0.05, 0) is 59.5 Å². The lowest BCUT2D eigenvalue weighted by atomic mass is 9.98. The minimum atomic E-state index is -1.12. The van der Waals surface area contributed by atoms with Crippen molar-refractivity contribution in [2.24, 2.45) is 0 Å². The van der Waals surface area contributed by atoms with Crippen molar-refractivity contribution >= 4 is 63.3 Å². The highest BCUT2D eigenvalue weighted by molar-refractivity contribution is 8.00. The number of hydrogen-bond donors (Lipinski definition) is 3. The fourth-order valence-electron chi connectivity index (χ4n) is 4.37. The third-order valence-electron chi connectivity index (χ3n) is 6.25. The fourth-order valence-corrected chi connectivity index (χ4v) is 5.64. The van der Waals surface area contributed by atoms with E-state index in [4.69, 9.17) is 11.6 Å². The average Bonchev–Trinajstić information content (AvgIpc) is 2.97. The number of rotatable bonds is 8. The molecule has 0 fully saturated rings. The average molecular weight is 585 g/mol. The van der Waals surface area contributed by atoms with Crippen LogP contribution in [0.4, 0.5) is 15.8 Å². The van der Waals surface area contributed by atoms with Gasteiger partial charge >= 0.3 is 5.97 Å². The van der Waals surface area contributed by atoms with Gasteiger partial charge in [0.2, 0.25) is 5.91 Å². The van der Waals surface area contributed by atoms with E-state index in [0.717, 1.165) is 5.56 Å². The van der Waals surface area contributed by atoms with Gasteiger partial charge in [-0.25, -0.2) is 9.18 Å². The molecule has 3 N–H and O–H groups in total. The van der Waals surface area contributed by atoms with Gasteiger partial charge in [-0.1, -0.05) is 72.3 Å². The molecule has 0 saturated heterocycles. The van der Waals surface area contributed by atoms with E-state index >= 15 is 0 Å². The Labute approximate surface area is 244 Å². The predicted octanol–water partition coefficient (Wildman–Crippen LogP) is 8.05. The van der Waals surface area contributed by atoms with E-state index in [9.17, 15) is 23.9 Å². The van der Waals surface area contributed by atoms with Crippen LogP contribution in [-0.4, -0.2) is 22.9 Å². The molecule has 0 bridgehead atoms. The Bertz CT molecular complexity index is 1780. The lowest BCUT2D eigenvalue weighted by Crippen LogP contribution is -2.19. The van der Waals surface area contributed by atoms with Crippen molar-refractivity contribution in [1.29, 1.82) is 0 Å². The van der Waals surface area contributed by atoms with E-state index in [-0.39, 0.29) is 22.1 Å². The molecule has 1 atom stereocenters. The van der Waals surface area contributed by atoms with Gasteiger partial charge < -0.3 is 15.7 Å². The Morgan fingerprint density at radius 1 is 0.756 bits per heavy atom. The number of benzene rings is 5. The van der Waals surface area contributed by atoms with Crippen LogP contribution < -0.4 is 10.6 Å². The van der Waals surface area contributed by atoms with Gasteiger partial charge in [-0.2, -0.15) is 0 Å².